The van der Waals surface area contributed by atoms with Crippen molar-refractivity contribution in [1.29, 1.82) is 0 Å². The molecule has 1 aliphatic rings. The first kappa shape index (κ1) is 17.8. The summed E-state index contributed by atoms with van der Waals surface area (Å²) >= 11 is 1.85. The summed E-state index contributed by atoms with van der Waals surface area (Å²) in [4.78, 5) is 16.0. The number of hydrogen-bond acceptors (Lipinski definition) is 4. The predicted octanol–water partition coefficient (Wildman–Crippen LogP) is 3.72. The van der Waals surface area contributed by atoms with E-state index in [0.29, 0.717) is 5.92 Å². The van der Waals surface area contributed by atoms with Crippen LogP contribution in [0.4, 0.5) is 0 Å². The summed E-state index contributed by atoms with van der Waals surface area (Å²) in [5.41, 5.74) is 0.771. The maximum Gasteiger partial charge on any atom is 0.256 e. The van der Waals surface area contributed by atoms with Crippen LogP contribution in [-0.2, 0) is 9.53 Å². The summed E-state index contributed by atoms with van der Waals surface area (Å²) in [6.45, 7) is 1.55. The highest BCUT2D eigenvalue weighted by Crippen LogP contribution is 2.29. The second kappa shape index (κ2) is 8.41. The lowest BCUT2D eigenvalue weighted by molar-refractivity contribution is -0.141. The Morgan fingerprint density at radius 3 is 2.64 bits per heavy atom. The third kappa shape index (κ3) is 4.55. The summed E-state index contributed by atoms with van der Waals surface area (Å²) in [6.07, 6.45) is 0.415. The Balaban J connectivity index is 1.56. The number of amides is 1. The van der Waals surface area contributed by atoms with Crippen LogP contribution in [0.3, 0.4) is 0 Å². The van der Waals surface area contributed by atoms with Crippen LogP contribution in [0.2, 0.25) is 0 Å². The van der Waals surface area contributed by atoms with E-state index in [1.807, 2.05) is 34.9 Å². The summed E-state index contributed by atoms with van der Waals surface area (Å²) in [6, 6.07) is 17.0. The highest BCUT2D eigenvalue weighted by atomic mass is 32.2. The number of ether oxygens (including phenoxy) is 1. The van der Waals surface area contributed by atoms with Gasteiger partial charge in [-0.2, -0.15) is 0 Å². The molecule has 2 atom stereocenters. The highest BCUT2D eigenvalue weighted by Gasteiger charge is 2.31. The van der Waals surface area contributed by atoms with Gasteiger partial charge in [-0.25, -0.2) is 0 Å². The number of benzene rings is 2. The van der Waals surface area contributed by atoms with Gasteiger partial charge in [0.05, 0.1) is 0 Å². The van der Waals surface area contributed by atoms with Gasteiger partial charge in [0.25, 0.3) is 5.91 Å². The molecule has 4 nitrogen and oxygen atoms in total. The third-order valence-electron chi connectivity index (χ3n) is 4.48. The van der Waals surface area contributed by atoms with E-state index in [2.05, 4.69) is 12.1 Å². The number of carbonyl (C=O) groups is 1. The Morgan fingerprint density at radius 1 is 1.24 bits per heavy atom. The van der Waals surface area contributed by atoms with E-state index >= 15 is 0 Å². The van der Waals surface area contributed by atoms with Crippen LogP contribution in [-0.4, -0.2) is 41.9 Å². The van der Waals surface area contributed by atoms with Crippen molar-refractivity contribution in [1.82, 2.24) is 4.90 Å². The summed E-state index contributed by atoms with van der Waals surface area (Å²) in [5, 5.41) is 9.41. The molecule has 2 aromatic rings. The van der Waals surface area contributed by atoms with Gasteiger partial charge in [-0.1, -0.05) is 30.3 Å². The standard InChI is InChI=1S/C20H23NO3S/c1-24-19(16-7-9-17(22)10-8-16)20(23)21-12-11-15(13-21)14-25-18-5-3-2-4-6-18/h2-10,15,19,22H,11-14H2,1H3/t15-,19-/m1/s1. The Labute approximate surface area is 152 Å². The summed E-state index contributed by atoms with van der Waals surface area (Å²) in [7, 11) is 1.55. The second-order valence-corrected chi connectivity index (χ2v) is 7.36. The van der Waals surface area contributed by atoms with E-state index in [4.69, 9.17) is 4.74 Å². The van der Waals surface area contributed by atoms with Crippen molar-refractivity contribution < 1.29 is 14.6 Å². The molecule has 0 radical (unpaired) electrons. The number of phenols is 1. The maximum absolute atomic E-state index is 12.8. The fourth-order valence-corrected chi connectivity index (χ4v) is 4.14. The van der Waals surface area contributed by atoms with Gasteiger partial charge < -0.3 is 14.7 Å². The zero-order valence-corrected chi connectivity index (χ0v) is 15.1. The van der Waals surface area contributed by atoms with Crippen molar-refractivity contribution in [2.75, 3.05) is 26.0 Å². The molecule has 1 saturated heterocycles. The molecule has 0 aliphatic carbocycles. The monoisotopic (exact) mass is 357 g/mol. The lowest BCUT2D eigenvalue weighted by atomic mass is 10.1. The lowest BCUT2D eigenvalue weighted by Gasteiger charge is -2.23. The van der Waals surface area contributed by atoms with Crippen LogP contribution >= 0.6 is 11.8 Å². The molecule has 25 heavy (non-hydrogen) atoms. The number of likely N-dealkylation sites (tertiary alicyclic amines) is 1. The zero-order chi connectivity index (χ0) is 17.6. The van der Waals surface area contributed by atoms with E-state index in [-0.39, 0.29) is 11.7 Å². The number of nitrogens with zero attached hydrogens (tertiary/aromatic N) is 1. The van der Waals surface area contributed by atoms with Crippen molar-refractivity contribution in [3.63, 3.8) is 0 Å². The average molecular weight is 357 g/mol. The van der Waals surface area contributed by atoms with E-state index in [1.54, 1.807) is 31.4 Å². The van der Waals surface area contributed by atoms with Crippen LogP contribution in [0.15, 0.2) is 59.5 Å². The average Bonchev–Trinajstić information content (AvgIpc) is 3.12. The highest BCUT2D eigenvalue weighted by molar-refractivity contribution is 7.99. The first-order valence-electron chi connectivity index (χ1n) is 8.45. The molecule has 1 aliphatic heterocycles. The Hall–Kier alpha value is -1.98. The topological polar surface area (TPSA) is 49.8 Å². The number of rotatable bonds is 6. The quantitative estimate of drug-likeness (QED) is 0.801. The number of hydrogen-bond donors (Lipinski definition) is 1. The fraction of sp³-hybridized carbons (Fsp3) is 0.350. The van der Waals surface area contributed by atoms with Crippen molar-refractivity contribution >= 4 is 17.7 Å². The molecule has 1 fully saturated rings. The van der Waals surface area contributed by atoms with Crippen molar-refractivity contribution in [2.24, 2.45) is 5.92 Å². The molecular weight excluding hydrogens is 334 g/mol. The molecule has 5 heteroatoms. The van der Waals surface area contributed by atoms with Crippen molar-refractivity contribution in [2.45, 2.75) is 17.4 Å². The largest absolute Gasteiger partial charge is 0.508 e. The summed E-state index contributed by atoms with van der Waals surface area (Å²) < 4.78 is 5.44. The Bertz CT molecular complexity index is 690. The molecule has 2 aromatic carbocycles. The van der Waals surface area contributed by atoms with Gasteiger partial charge in [0.1, 0.15) is 5.75 Å². The molecule has 3 rings (SSSR count). The minimum Gasteiger partial charge on any atom is -0.508 e. The maximum atomic E-state index is 12.8. The van der Waals surface area contributed by atoms with Crippen LogP contribution in [0, 0.1) is 5.92 Å². The molecule has 132 valence electrons. The SMILES string of the molecule is CO[C@@H](C(=O)N1CC[C@@H](CSc2ccccc2)C1)c1ccc(O)cc1. The minimum atomic E-state index is -0.610. The second-order valence-electron chi connectivity index (χ2n) is 6.27. The van der Waals surface area contributed by atoms with Crippen LogP contribution in [0.25, 0.3) is 0 Å². The van der Waals surface area contributed by atoms with Crippen molar-refractivity contribution in [3.8, 4) is 5.75 Å². The number of methoxy groups -OCH3 is 1. The first-order chi connectivity index (χ1) is 12.2. The Kier molecular flexibility index (Phi) is 6.00. The molecule has 0 aromatic heterocycles. The van der Waals surface area contributed by atoms with Gasteiger partial charge >= 0.3 is 0 Å². The molecule has 1 amide bonds. The lowest BCUT2D eigenvalue weighted by Crippen LogP contribution is -2.34. The van der Waals surface area contributed by atoms with E-state index in [1.165, 1.54) is 4.90 Å². The number of carbonyl (C=O) groups excluding carboxylic acids is 1. The number of aromatic hydroxyl groups is 1. The molecule has 1 N–H and O–H groups in total. The molecule has 0 bridgehead atoms. The zero-order valence-electron chi connectivity index (χ0n) is 14.3. The normalized spacial score (nSPS) is 18.3. The number of thioether (sulfide) groups is 1. The van der Waals surface area contributed by atoms with Crippen LogP contribution in [0.1, 0.15) is 18.1 Å². The first-order valence-corrected chi connectivity index (χ1v) is 9.44. The van der Waals surface area contributed by atoms with Crippen LogP contribution < -0.4 is 0 Å². The molecule has 1 heterocycles. The van der Waals surface area contributed by atoms with Crippen LogP contribution in [0.5, 0.6) is 5.75 Å². The van der Waals surface area contributed by atoms with E-state index < -0.39 is 6.10 Å². The fourth-order valence-electron chi connectivity index (χ4n) is 3.09. The summed E-state index contributed by atoms with van der Waals surface area (Å²) in [5.74, 6) is 1.71. The molecule has 0 saturated carbocycles. The van der Waals surface area contributed by atoms with E-state index in [0.717, 1.165) is 30.8 Å². The van der Waals surface area contributed by atoms with Gasteiger partial charge in [-0.05, 0) is 42.2 Å². The predicted molar refractivity (Wildman–Crippen MR) is 99.7 cm³/mol. The Morgan fingerprint density at radius 2 is 1.96 bits per heavy atom. The molecular formula is C20H23NO3S. The smallest absolute Gasteiger partial charge is 0.256 e. The van der Waals surface area contributed by atoms with Crippen molar-refractivity contribution in [3.05, 3.63) is 60.2 Å². The third-order valence-corrected chi connectivity index (χ3v) is 5.73. The van der Waals surface area contributed by atoms with Gasteiger partial charge in [-0.3, -0.25) is 4.79 Å². The molecule has 0 unspecified atom stereocenters. The minimum absolute atomic E-state index is 0.000371. The van der Waals surface area contributed by atoms with Gasteiger partial charge in [0.15, 0.2) is 6.10 Å². The van der Waals surface area contributed by atoms with Gasteiger partial charge in [-0.15, -0.1) is 11.8 Å². The number of phenolic OH excluding ortho intramolecular Hbond substituents is 1. The molecule has 0 spiro atoms. The van der Waals surface area contributed by atoms with Gasteiger partial charge in [0.2, 0.25) is 0 Å². The van der Waals surface area contributed by atoms with Gasteiger partial charge in [0, 0.05) is 30.8 Å². The van der Waals surface area contributed by atoms with E-state index in [9.17, 15) is 9.90 Å².